The van der Waals surface area contributed by atoms with Crippen molar-refractivity contribution >= 4 is 44.9 Å². The molecule has 13 heavy (non-hydrogen) atoms. The number of nitrogens with zero attached hydrogens (tertiary/aromatic N) is 1. The molecule has 0 saturated heterocycles. The van der Waals surface area contributed by atoms with Crippen LogP contribution in [0.15, 0.2) is 16.2 Å². The highest BCUT2D eigenvalue weighted by atomic mass is 79.9. The van der Waals surface area contributed by atoms with Crippen LogP contribution in [0.1, 0.15) is 11.8 Å². The molecule has 0 aromatic carbocycles. The SMILES string of the molecule is C/C(=C\c1cc(Br)c(Cl)s1)[N+](=O)[O-]. The standard InChI is InChI=1S/C7H5BrClNO2S/c1-4(10(11)12)2-5-3-6(8)7(9)13-5/h2-3H,1H3/b4-2+. The van der Waals surface area contributed by atoms with Gasteiger partial charge in [-0.1, -0.05) is 11.6 Å². The Labute approximate surface area is 92.3 Å². The van der Waals surface area contributed by atoms with E-state index in [0.717, 1.165) is 9.35 Å². The molecule has 0 bridgehead atoms. The topological polar surface area (TPSA) is 43.1 Å². The molecule has 0 fully saturated rings. The highest BCUT2D eigenvalue weighted by Crippen LogP contribution is 2.33. The van der Waals surface area contributed by atoms with Gasteiger partial charge < -0.3 is 0 Å². The van der Waals surface area contributed by atoms with Gasteiger partial charge >= 0.3 is 0 Å². The van der Waals surface area contributed by atoms with Crippen LogP contribution in [0.5, 0.6) is 0 Å². The molecule has 0 aliphatic rings. The summed E-state index contributed by atoms with van der Waals surface area (Å²) in [5.41, 5.74) is 0.102. The van der Waals surface area contributed by atoms with E-state index in [-0.39, 0.29) is 5.70 Å². The van der Waals surface area contributed by atoms with Gasteiger partial charge in [-0.15, -0.1) is 11.3 Å². The number of thiophene rings is 1. The second-order valence-electron chi connectivity index (χ2n) is 2.31. The van der Waals surface area contributed by atoms with Crippen LogP contribution in [0, 0.1) is 10.1 Å². The number of allylic oxidation sites excluding steroid dienone is 1. The number of rotatable bonds is 2. The Hall–Kier alpha value is -0.390. The Bertz CT molecular complexity index is 355. The zero-order valence-electron chi connectivity index (χ0n) is 6.58. The Morgan fingerprint density at radius 2 is 2.46 bits per heavy atom. The van der Waals surface area contributed by atoms with E-state index in [1.54, 1.807) is 6.07 Å². The molecule has 0 atom stereocenters. The van der Waals surface area contributed by atoms with Crippen molar-refractivity contribution in [1.82, 2.24) is 0 Å². The summed E-state index contributed by atoms with van der Waals surface area (Å²) in [4.78, 5) is 10.6. The number of hydrogen-bond acceptors (Lipinski definition) is 3. The van der Waals surface area contributed by atoms with Gasteiger partial charge in [0.25, 0.3) is 0 Å². The van der Waals surface area contributed by atoms with Gasteiger partial charge in [0, 0.05) is 22.3 Å². The molecule has 1 aromatic heterocycles. The number of halogens is 2. The van der Waals surface area contributed by atoms with Gasteiger partial charge in [-0.2, -0.15) is 0 Å². The Kier molecular flexibility index (Phi) is 3.47. The molecule has 0 unspecified atom stereocenters. The maximum absolute atomic E-state index is 10.3. The van der Waals surface area contributed by atoms with Crippen LogP contribution in [0.2, 0.25) is 4.34 Å². The summed E-state index contributed by atoms with van der Waals surface area (Å²) in [5.74, 6) is 0. The third-order valence-electron chi connectivity index (χ3n) is 1.30. The highest BCUT2D eigenvalue weighted by Gasteiger charge is 2.06. The van der Waals surface area contributed by atoms with Crippen molar-refractivity contribution in [2.24, 2.45) is 0 Å². The maximum atomic E-state index is 10.3. The number of nitro groups is 1. The molecule has 1 rings (SSSR count). The summed E-state index contributed by atoms with van der Waals surface area (Å²) in [6, 6.07) is 1.75. The van der Waals surface area contributed by atoms with Gasteiger partial charge in [0.1, 0.15) is 4.34 Å². The van der Waals surface area contributed by atoms with E-state index in [0.29, 0.717) is 4.34 Å². The number of hydrogen-bond donors (Lipinski definition) is 0. The lowest BCUT2D eigenvalue weighted by Crippen LogP contribution is -1.91. The Balaban J connectivity index is 2.98. The quantitative estimate of drug-likeness (QED) is 0.611. The lowest BCUT2D eigenvalue weighted by molar-refractivity contribution is -0.422. The van der Waals surface area contributed by atoms with E-state index in [1.165, 1.54) is 24.3 Å². The van der Waals surface area contributed by atoms with E-state index in [1.807, 2.05) is 0 Å². The van der Waals surface area contributed by atoms with Crippen LogP contribution in [-0.4, -0.2) is 4.92 Å². The minimum atomic E-state index is -0.429. The monoisotopic (exact) mass is 281 g/mol. The molecule has 0 aliphatic carbocycles. The van der Waals surface area contributed by atoms with E-state index in [4.69, 9.17) is 11.6 Å². The van der Waals surface area contributed by atoms with Crippen LogP contribution in [0.25, 0.3) is 6.08 Å². The summed E-state index contributed by atoms with van der Waals surface area (Å²) in [5, 5.41) is 10.3. The first-order valence-corrected chi connectivity index (χ1v) is 5.27. The predicted molar refractivity (Wildman–Crippen MR) is 57.7 cm³/mol. The normalized spacial score (nSPS) is 11.8. The lowest BCUT2D eigenvalue weighted by Gasteiger charge is -1.86. The zero-order valence-corrected chi connectivity index (χ0v) is 9.74. The fourth-order valence-corrected chi connectivity index (χ4v) is 2.43. The molecular weight excluding hydrogens is 278 g/mol. The van der Waals surface area contributed by atoms with E-state index in [2.05, 4.69) is 15.9 Å². The van der Waals surface area contributed by atoms with Gasteiger partial charge in [-0.25, -0.2) is 0 Å². The zero-order chi connectivity index (χ0) is 10.0. The third-order valence-corrected chi connectivity index (χ3v) is 3.73. The van der Waals surface area contributed by atoms with E-state index < -0.39 is 4.92 Å². The van der Waals surface area contributed by atoms with Crippen molar-refractivity contribution in [3.63, 3.8) is 0 Å². The molecule has 0 spiro atoms. The lowest BCUT2D eigenvalue weighted by atomic mass is 10.4. The van der Waals surface area contributed by atoms with Gasteiger partial charge in [-0.3, -0.25) is 10.1 Å². The van der Waals surface area contributed by atoms with Crippen molar-refractivity contribution in [1.29, 1.82) is 0 Å². The summed E-state index contributed by atoms with van der Waals surface area (Å²) in [6.07, 6.45) is 1.49. The smallest absolute Gasteiger partial charge is 0.244 e. The maximum Gasteiger partial charge on any atom is 0.244 e. The average molecular weight is 283 g/mol. The summed E-state index contributed by atoms with van der Waals surface area (Å²) >= 11 is 10.3. The molecule has 70 valence electrons. The van der Waals surface area contributed by atoms with Crippen LogP contribution in [-0.2, 0) is 0 Å². The van der Waals surface area contributed by atoms with Crippen LogP contribution >= 0.6 is 38.9 Å². The van der Waals surface area contributed by atoms with Gasteiger partial charge in [0.15, 0.2) is 0 Å². The summed E-state index contributed by atoms with van der Waals surface area (Å²) in [6.45, 7) is 1.45. The van der Waals surface area contributed by atoms with Crippen molar-refractivity contribution in [2.45, 2.75) is 6.92 Å². The second kappa shape index (κ2) is 4.21. The minimum Gasteiger partial charge on any atom is -0.259 e. The second-order valence-corrected chi connectivity index (χ2v) is 4.85. The van der Waals surface area contributed by atoms with Crippen molar-refractivity contribution in [3.8, 4) is 0 Å². The van der Waals surface area contributed by atoms with Crippen LogP contribution < -0.4 is 0 Å². The predicted octanol–water partition coefficient (Wildman–Crippen LogP) is 3.80. The molecule has 0 radical (unpaired) electrons. The van der Waals surface area contributed by atoms with Crippen LogP contribution in [0.4, 0.5) is 0 Å². The summed E-state index contributed by atoms with van der Waals surface area (Å²) < 4.78 is 1.36. The molecule has 0 N–H and O–H groups in total. The fourth-order valence-electron chi connectivity index (χ4n) is 0.693. The van der Waals surface area contributed by atoms with Crippen molar-refractivity contribution < 1.29 is 4.92 Å². The van der Waals surface area contributed by atoms with Gasteiger partial charge in [0.05, 0.1) is 4.92 Å². The Morgan fingerprint density at radius 3 is 2.85 bits per heavy atom. The molecule has 1 aromatic rings. The van der Waals surface area contributed by atoms with E-state index >= 15 is 0 Å². The first kappa shape index (κ1) is 10.7. The van der Waals surface area contributed by atoms with Gasteiger partial charge in [0.2, 0.25) is 5.70 Å². The summed E-state index contributed by atoms with van der Waals surface area (Å²) in [7, 11) is 0. The first-order valence-electron chi connectivity index (χ1n) is 3.28. The highest BCUT2D eigenvalue weighted by molar-refractivity contribution is 9.10. The third kappa shape index (κ3) is 2.79. The molecule has 3 nitrogen and oxygen atoms in total. The fraction of sp³-hybridized carbons (Fsp3) is 0.143. The van der Waals surface area contributed by atoms with E-state index in [9.17, 15) is 10.1 Å². The Morgan fingerprint density at radius 1 is 1.85 bits per heavy atom. The largest absolute Gasteiger partial charge is 0.259 e. The average Bonchev–Trinajstić information content (AvgIpc) is 2.31. The molecule has 0 aliphatic heterocycles. The minimum absolute atomic E-state index is 0.102. The van der Waals surface area contributed by atoms with Gasteiger partial charge in [-0.05, 0) is 22.0 Å². The molecular formula is C7H5BrClNO2S. The van der Waals surface area contributed by atoms with Crippen molar-refractivity contribution in [2.75, 3.05) is 0 Å². The first-order chi connectivity index (χ1) is 6.00. The molecule has 0 amide bonds. The van der Waals surface area contributed by atoms with Crippen molar-refractivity contribution in [3.05, 3.63) is 35.6 Å². The molecule has 6 heteroatoms. The van der Waals surface area contributed by atoms with Crippen LogP contribution in [0.3, 0.4) is 0 Å². The molecule has 1 heterocycles. The molecule has 0 saturated carbocycles.